The molecule has 0 spiro atoms. The highest BCUT2D eigenvalue weighted by Crippen LogP contribution is 2.28. The lowest BCUT2D eigenvalue weighted by Gasteiger charge is -2.29. The predicted molar refractivity (Wildman–Crippen MR) is 111 cm³/mol. The number of aliphatic hydroxyl groups is 1. The van der Waals surface area contributed by atoms with Crippen LogP contribution in [0.1, 0.15) is 63.7 Å². The molecule has 0 radical (unpaired) electrons. The minimum atomic E-state index is -0.587. The molecule has 1 fully saturated rings. The second kappa shape index (κ2) is 12.1. The maximum atomic E-state index is 11.6. The fourth-order valence-electron chi connectivity index (χ4n) is 3.02. The Morgan fingerprint density at radius 1 is 1.38 bits per heavy atom. The van der Waals surface area contributed by atoms with E-state index in [9.17, 15) is 9.90 Å². The highest BCUT2D eigenvalue weighted by molar-refractivity contribution is 5.87. The van der Waals surface area contributed by atoms with E-state index in [1.165, 1.54) is 6.08 Å². The number of aliphatic hydroxyl groups excluding tert-OH is 1. The van der Waals surface area contributed by atoms with Crippen LogP contribution in [0.15, 0.2) is 30.3 Å². The van der Waals surface area contributed by atoms with E-state index < -0.39 is 5.60 Å². The van der Waals surface area contributed by atoms with E-state index in [1.807, 2.05) is 38.1 Å². The van der Waals surface area contributed by atoms with E-state index in [0.29, 0.717) is 26.2 Å². The summed E-state index contributed by atoms with van der Waals surface area (Å²) in [5, 5.41) is 9.39. The molecule has 6 nitrogen and oxygen atoms in total. The van der Waals surface area contributed by atoms with E-state index in [2.05, 4.69) is 0 Å². The first kappa shape index (κ1) is 23.5. The molecule has 1 aromatic carbocycles. The average Bonchev–Trinajstić information content (AvgIpc) is 2.73. The summed E-state index contributed by atoms with van der Waals surface area (Å²) in [5.74, 6) is -0.360. The van der Waals surface area contributed by atoms with E-state index >= 15 is 0 Å². The molecule has 0 saturated carbocycles. The van der Waals surface area contributed by atoms with Crippen molar-refractivity contribution < 1.29 is 28.8 Å². The van der Waals surface area contributed by atoms with Gasteiger partial charge in [0.2, 0.25) is 0 Å². The molecule has 0 aliphatic carbocycles. The summed E-state index contributed by atoms with van der Waals surface area (Å²) in [5.41, 5.74) is 1.30. The second-order valence-electron chi connectivity index (χ2n) is 7.73. The summed E-state index contributed by atoms with van der Waals surface area (Å²) in [6, 6.07) is 7.88. The van der Waals surface area contributed by atoms with Gasteiger partial charge in [0, 0.05) is 19.1 Å². The molecular weight excluding hydrogens is 372 g/mol. The van der Waals surface area contributed by atoms with Gasteiger partial charge in [-0.25, -0.2) is 4.79 Å². The number of hydrogen-bond donors (Lipinski definition) is 1. The van der Waals surface area contributed by atoms with Crippen LogP contribution in [-0.2, 0) is 23.7 Å². The fraction of sp³-hybridized carbons (Fsp3) is 0.609. The Labute approximate surface area is 173 Å². The Bertz CT molecular complexity index is 649. The van der Waals surface area contributed by atoms with Crippen LogP contribution in [0.4, 0.5) is 0 Å². The van der Waals surface area contributed by atoms with Gasteiger partial charge in [-0.3, -0.25) is 0 Å². The zero-order chi connectivity index (χ0) is 21.1. The van der Waals surface area contributed by atoms with Crippen molar-refractivity contribution in [2.24, 2.45) is 0 Å². The molecule has 1 N–H and O–H groups in total. The van der Waals surface area contributed by atoms with Crippen LogP contribution >= 0.6 is 0 Å². The van der Waals surface area contributed by atoms with Crippen LogP contribution in [0.3, 0.4) is 0 Å². The molecule has 2 rings (SSSR count). The van der Waals surface area contributed by atoms with Crippen molar-refractivity contribution in [3.8, 4) is 0 Å². The van der Waals surface area contributed by atoms with Crippen molar-refractivity contribution in [3.05, 3.63) is 41.5 Å². The number of carbonyl (C=O) groups is 1. The molecule has 0 amide bonds. The van der Waals surface area contributed by atoms with Gasteiger partial charge in [0.05, 0.1) is 31.5 Å². The number of ether oxygens (including phenoxy) is 4. The molecule has 1 aliphatic heterocycles. The van der Waals surface area contributed by atoms with E-state index in [0.717, 1.165) is 30.4 Å². The minimum Gasteiger partial charge on any atom is -0.463 e. The van der Waals surface area contributed by atoms with Crippen molar-refractivity contribution in [3.63, 3.8) is 0 Å². The Morgan fingerprint density at radius 2 is 2.21 bits per heavy atom. The number of carbonyl (C=O) groups excluding carboxylic acids is 1. The third kappa shape index (κ3) is 8.66. The highest BCUT2D eigenvalue weighted by Gasteiger charge is 2.23. The molecule has 1 heterocycles. The van der Waals surface area contributed by atoms with Gasteiger partial charge in [0.1, 0.15) is 0 Å². The first-order valence-electron chi connectivity index (χ1n) is 10.4. The smallest absolute Gasteiger partial charge is 0.330 e. The Balaban J connectivity index is 2.09. The molecule has 29 heavy (non-hydrogen) atoms. The van der Waals surface area contributed by atoms with Crippen molar-refractivity contribution >= 4 is 12.0 Å². The molecule has 2 atom stereocenters. The highest BCUT2D eigenvalue weighted by atomic mass is 16.7. The molecule has 0 bridgehead atoms. The predicted octanol–water partition coefficient (Wildman–Crippen LogP) is 4.02. The number of hydrogen-bond acceptors (Lipinski definition) is 6. The van der Waals surface area contributed by atoms with Crippen LogP contribution in [0.2, 0.25) is 0 Å². The van der Waals surface area contributed by atoms with Crippen molar-refractivity contribution in [2.75, 3.05) is 26.4 Å². The van der Waals surface area contributed by atoms with E-state index in [4.69, 9.17) is 18.9 Å². The van der Waals surface area contributed by atoms with Crippen molar-refractivity contribution in [2.45, 2.75) is 64.4 Å². The van der Waals surface area contributed by atoms with Crippen LogP contribution in [0.5, 0.6) is 0 Å². The molecule has 0 aromatic heterocycles. The average molecular weight is 407 g/mol. The summed E-state index contributed by atoms with van der Waals surface area (Å²) < 4.78 is 22.8. The minimum absolute atomic E-state index is 0.0433. The van der Waals surface area contributed by atoms with Gasteiger partial charge in [-0.2, -0.15) is 0 Å². The quantitative estimate of drug-likeness (QED) is 0.442. The number of rotatable bonds is 11. The first-order valence-corrected chi connectivity index (χ1v) is 10.4. The van der Waals surface area contributed by atoms with Gasteiger partial charge in [-0.05, 0) is 63.3 Å². The maximum absolute atomic E-state index is 11.6. The van der Waals surface area contributed by atoms with Gasteiger partial charge in [0.25, 0.3) is 0 Å². The molecular formula is C23H34O6. The monoisotopic (exact) mass is 406 g/mol. The Hall–Kier alpha value is -1.73. The van der Waals surface area contributed by atoms with E-state index in [1.54, 1.807) is 13.0 Å². The number of esters is 1. The molecule has 1 aliphatic rings. The standard InChI is InChI=1S/C23H34O6/c1-4-26-21(25)12-11-18-8-7-9-19(16-18)20(13-15-28-23(2,3)17-24)29-22-10-5-6-14-27-22/h7-9,11-12,16,20,22,24H,4-6,10,13-15,17H2,1-3H3/b12-11+. The lowest BCUT2D eigenvalue weighted by atomic mass is 10.0. The normalized spacial score (nSPS) is 18.7. The van der Waals surface area contributed by atoms with Crippen LogP contribution in [-0.4, -0.2) is 49.4 Å². The molecule has 1 aromatic rings. The number of benzene rings is 1. The van der Waals surface area contributed by atoms with Gasteiger partial charge in [-0.1, -0.05) is 18.2 Å². The summed E-state index contributed by atoms with van der Waals surface area (Å²) in [6.07, 6.45) is 6.40. The largest absolute Gasteiger partial charge is 0.463 e. The summed E-state index contributed by atoms with van der Waals surface area (Å²) in [7, 11) is 0. The van der Waals surface area contributed by atoms with Crippen molar-refractivity contribution in [1.82, 2.24) is 0 Å². The molecule has 6 heteroatoms. The van der Waals surface area contributed by atoms with Crippen molar-refractivity contribution in [1.29, 1.82) is 0 Å². The first-order chi connectivity index (χ1) is 13.9. The lowest BCUT2D eigenvalue weighted by Crippen LogP contribution is -2.30. The lowest BCUT2D eigenvalue weighted by molar-refractivity contribution is -0.195. The zero-order valence-electron chi connectivity index (χ0n) is 17.8. The van der Waals surface area contributed by atoms with Gasteiger partial charge in [-0.15, -0.1) is 0 Å². The van der Waals surface area contributed by atoms with Gasteiger partial charge in [0.15, 0.2) is 6.29 Å². The third-order valence-electron chi connectivity index (χ3n) is 4.69. The summed E-state index contributed by atoms with van der Waals surface area (Å²) >= 11 is 0. The van der Waals surface area contributed by atoms with Crippen LogP contribution in [0, 0.1) is 0 Å². The Morgan fingerprint density at radius 3 is 2.90 bits per heavy atom. The molecule has 2 unspecified atom stereocenters. The summed E-state index contributed by atoms with van der Waals surface area (Å²) in [6.45, 7) is 6.97. The topological polar surface area (TPSA) is 74.2 Å². The van der Waals surface area contributed by atoms with E-state index in [-0.39, 0.29) is 25.0 Å². The van der Waals surface area contributed by atoms with Gasteiger partial charge < -0.3 is 24.1 Å². The molecule has 1 saturated heterocycles. The van der Waals surface area contributed by atoms with Crippen LogP contribution in [0.25, 0.3) is 6.08 Å². The SMILES string of the molecule is CCOC(=O)/C=C/c1cccc(C(CCOC(C)(C)CO)OC2CCCCO2)c1. The van der Waals surface area contributed by atoms with Crippen LogP contribution < -0.4 is 0 Å². The Kier molecular flexibility index (Phi) is 9.81. The third-order valence-corrected chi connectivity index (χ3v) is 4.69. The van der Waals surface area contributed by atoms with Gasteiger partial charge >= 0.3 is 5.97 Å². The molecule has 162 valence electrons. The summed E-state index contributed by atoms with van der Waals surface area (Å²) in [4.78, 5) is 11.6. The maximum Gasteiger partial charge on any atom is 0.330 e. The zero-order valence-corrected chi connectivity index (χ0v) is 17.8. The second-order valence-corrected chi connectivity index (χ2v) is 7.73. The fourth-order valence-corrected chi connectivity index (χ4v) is 3.02.